The molecule has 0 saturated carbocycles. The van der Waals surface area contributed by atoms with Crippen LogP contribution in [0.1, 0.15) is 34.1 Å². The van der Waals surface area contributed by atoms with Crippen molar-refractivity contribution in [2.75, 3.05) is 0 Å². The van der Waals surface area contributed by atoms with E-state index in [9.17, 15) is 4.79 Å². The first-order valence-corrected chi connectivity index (χ1v) is 7.69. The lowest BCUT2D eigenvalue weighted by atomic mass is 10.0. The number of hydrogen-bond donors (Lipinski definition) is 0. The smallest absolute Gasteiger partial charge is 0.333 e. The lowest BCUT2D eigenvalue weighted by molar-refractivity contribution is -0.151. The standard InChI is InChI=1S/C10H19ClO2Si/c1-7(2)9(12)13-10(4,5)6-8(3)14-11/h8H,1,6,14H2,2-5H3. The summed E-state index contributed by atoms with van der Waals surface area (Å²) in [7, 11) is -0.536. The van der Waals surface area contributed by atoms with E-state index >= 15 is 0 Å². The Bertz CT molecular complexity index is 226. The molecule has 0 spiro atoms. The molecular formula is C10H19ClO2Si. The monoisotopic (exact) mass is 234 g/mol. The van der Waals surface area contributed by atoms with Crippen LogP contribution >= 0.6 is 11.1 Å². The van der Waals surface area contributed by atoms with Gasteiger partial charge in [-0.1, -0.05) is 13.5 Å². The van der Waals surface area contributed by atoms with Gasteiger partial charge in [-0.15, -0.1) is 0 Å². The molecule has 0 amide bonds. The van der Waals surface area contributed by atoms with Crippen LogP contribution in [0.4, 0.5) is 0 Å². The Balaban J connectivity index is 4.19. The predicted molar refractivity (Wildman–Crippen MR) is 63.4 cm³/mol. The molecule has 0 aliphatic heterocycles. The molecule has 1 unspecified atom stereocenters. The molecule has 0 saturated heterocycles. The fourth-order valence-corrected chi connectivity index (χ4v) is 2.41. The van der Waals surface area contributed by atoms with Crippen LogP contribution < -0.4 is 0 Å². The van der Waals surface area contributed by atoms with Gasteiger partial charge in [0.15, 0.2) is 0 Å². The maximum atomic E-state index is 11.3. The van der Waals surface area contributed by atoms with E-state index in [-0.39, 0.29) is 5.97 Å². The molecule has 0 radical (unpaired) electrons. The zero-order chi connectivity index (χ0) is 11.4. The minimum atomic E-state index is -0.536. The zero-order valence-corrected chi connectivity index (χ0v) is 11.6. The van der Waals surface area contributed by atoms with Gasteiger partial charge in [-0.3, -0.25) is 0 Å². The summed E-state index contributed by atoms with van der Waals surface area (Å²) in [6.07, 6.45) is 0.821. The molecule has 0 aromatic rings. The highest BCUT2D eigenvalue weighted by Crippen LogP contribution is 2.24. The second kappa shape index (κ2) is 5.56. The molecule has 82 valence electrons. The Kier molecular flexibility index (Phi) is 5.45. The van der Waals surface area contributed by atoms with Crippen LogP contribution in [0.15, 0.2) is 12.2 Å². The molecule has 0 bridgehead atoms. The maximum absolute atomic E-state index is 11.3. The molecule has 4 heteroatoms. The highest BCUT2D eigenvalue weighted by molar-refractivity contribution is 6.94. The Morgan fingerprint density at radius 1 is 1.64 bits per heavy atom. The average molecular weight is 235 g/mol. The fourth-order valence-electron chi connectivity index (χ4n) is 1.27. The highest BCUT2D eigenvalue weighted by atomic mass is 35.6. The minimum absolute atomic E-state index is 0.321. The fraction of sp³-hybridized carbons (Fsp3) is 0.700. The molecular weight excluding hydrogens is 216 g/mol. The van der Waals surface area contributed by atoms with Crippen molar-refractivity contribution in [1.29, 1.82) is 0 Å². The lowest BCUT2D eigenvalue weighted by Crippen LogP contribution is -2.29. The number of esters is 1. The molecule has 0 rings (SSSR count). The van der Waals surface area contributed by atoms with Crippen molar-refractivity contribution >= 4 is 25.9 Å². The van der Waals surface area contributed by atoms with Crippen LogP contribution in [0, 0.1) is 0 Å². The number of rotatable bonds is 5. The zero-order valence-electron chi connectivity index (χ0n) is 9.39. The van der Waals surface area contributed by atoms with Crippen molar-refractivity contribution in [3.8, 4) is 0 Å². The van der Waals surface area contributed by atoms with Crippen LogP contribution in [0.2, 0.25) is 5.54 Å². The van der Waals surface area contributed by atoms with Crippen LogP contribution in [0.3, 0.4) is 0 Å². The van der Waals surface area contributed by atoms with Gasteiger partial charge in [0.25, 0.3) is 0 Å². The van der Waals surface area contributed by atoms with Gasteiger partial charge in [0, 0.05) is 5.57 Å². The summed E-state index contributed by atoms with van der Waals surface area (Å²) in [6, 6.07) is 0. The first kappa shape index (κ1) is 13.7. The van der Waals surface area contributed by atoms with Gasteiger partial charge in [0.1, 0.15) is 14.4 Å². The second-order valence-electron chi connectivity index (χ2n) is 4.39. The topological polar surface area (TPSA) is 26.3 Å². The van der Waals surface area contributed by atoms with Crippen molar-refractivity contribution in [2.45, 2.75) is 45.3 Å². The molecule has 0 aliphatic rings. The van der Waals surface area contributed by atoms with Crippen LogP contribution in [-0.4, -0.2) is 20.4 Å². The molecule has 0 aromatic carbocycles. The molecule has 0 heterocycles. The minimum Gasteiger partial charge on any atom is -0.456 e. The van der Waals surface area contributed by atoms with E-state index < -0.39 is 14.4 Å². The van der Waals surface area contributed by atoms with Gasteiger partial charge in [0.2, 0.25) is 0 Å². The number of hydrogen-bond acceptors (Lipinski definition) is 2. The largest absolute Gasteiger partial charge is 0.456 e. The van der Waals surface area contributed by atoms with E-state index in [0.717, 1.165) is 6.42 Å². The van der Waals surface area contributed by atoms with Gasteiger partial charge in [-0.2, -0.15) is 11.1 Å². The second-order valence-corrected chi connectivity index (χ2v) is 7.02. The Morgan fingerprint density at radius 3 is 2.50 bits per heavy atom. The van der Waals surface area contributed by atoms with E-state index in [4.69, 9.17) is 15.8 Å². The van der Waals surface area contributed by atoms with Crippen molar-refractivity contribution < 1.29 is 9.53 Å². The van der Waals surface area contributed by atoms with Gasteiger partial charge in [0.05, 0.1) is 0 Å². The SMILES string of the molecule is C=C(C)C(=O)OC(C)(C)CC(C)[SiH2]Cl. The summed E-state index contributed by atoms with van der Waals surface area (Å²) in [6.45, 7) is 11.1. The van der Waals surface area contributed by atoms with E-state index in [2.05, 4.69) is 13.5 Å². The molecule has 14 heavy (non-hydrogen) atoms. The number of ether oxygens (including phenoxy) is 1. The molecule has 2 nitrogen and oxygen atoms in total. The summed E-state index contributed by atoms with van der Waals surface area (Å²) in [5.74, 6) is -0.321. The quantitative estimate of drug-likeness (QED) is 0.316. The first-order chi connectivity index (χ1) is 6.28. The van der Waals surface area contributed by atoms with Gasteiger partial charge in [-0.25, -0.2) is 4.79 Å². The summed E-state index contributed by atoms with van der Waals surface area (Å²) in [5.41, 5.74) is 0.482. The Morgan fingerprint density at radius 2 is 2.14 bits per heavy atom. The van der Waals surface area contributed by atoms with Crippen molar-refractivity contribution in [2.24, 2.45) is 0 Å². The maximum Gasteiger partial charge on any atom is 0.333 e. The molecule has 0 aliphatic carbocycles. The number of halogens is 1. The van der Waals surface area contributed by atoms with Gasteiger partial charge >= 0.3 is 5.97 Å². The highest BCUT2D eigenvalue weighted by Gasteiger charge is 2.25. The first-order valence-electron chi connectivity index (χ1n) is 4.73. The van der Waals surface area contributed by atoms with Crippen molar-refractivity contribution in [3.63, 3.8) is 0 Å². The van der Waals surface area contributed by atoms with E-state index in [0.29, 0.717) is 11.1 Å². The number of carbonyl (C=O) groups excluding carboxylic acids is 1. The lowest BCUT2D eigenvalue weighted by Gasteiger charge is -2.27. The van der Waals surface area contributed by atoms with E-state index in [1.807, 2.05) is 13.8 Å². The third-order valence-corrected chi connectivity index (χ3v) is 4.22. The predicted octanol–water partition coefficient (Wildman–Crippen LogP) is 2.41. The van der Waals surface area contributed by atoms with Gasteiger partial charge < -0.3 is 4.74 Å². The van der Waals surface area contributed by atoms with Gasteiger partial charge in [-0.05, 0) is 32.7 Å². The van der Waals surface area contributed by atoms with Crippen LogP contribution in [-0.2, 0) is 9.53 Å². The van der Waals surface area contributed by atoms with Crippen LogP contribution in [0.5, 0.6) is 0 Å². The third kappa shape index (κ3) is 5.45. The Labute approximate surface area is 93.2 Å². The third-order valence-electron chi connectivity index (χ3n) is 1.82. The summed E-state index contributed by atoms with van der Waals surface area (Å²) < 4.78 is 5.30. The number of carbonyl (C=O) groups is 1. The van der Waals surface area contributed by atoms with Crippen molar-refractivity contribution in [3.05, 3.63) is 12.2 Å². The normalized spacial score (nSPS) is 14.4. The molecule has 0 N–H and O–H groups in total. The summed E-state index contributed by atoms with van der Waals surface area (Å²) >= 11 is 5.84. The summed E-state index contributed by atoms with van der Waals surface area (Å²) in [5, 5.41) is 0. The molecule has 1 atom stereocenters. The van der Waals surface area contributed by atoms with E-state index in [1.54, 1.807) is 6.92 Å². The Hall–Kier alpha value is -0.283. The van der Waals surface area contributed by atoms with Crippen molar-refractivity contribution in [1.82, 2.24) is 0 Å². The summed E-state index contributed by atoms with van der Waals surface area (Å²) in [4.78, 5) is 11.3. The molecule has 0 aromatic heterocycles. The average Bonchev–Trinajstić information content (AvgIpc) is 2.02. The van der Waals surface area contributed by atoms with E-state index in [1.165, 1.54) is 0 Å². The molecule has 0 fully saturated rings. The van der Waals surface area contributed by atoms with Crippen LogP contribution in [0.25, 0.3) is 0 Å².